The lowest BCUT2D eigenvalue weighted by Crippen LogP contribution is -2.39. The highest BCUT2D eigenvalue weighted by molar-refractivity contribution is 7.07. The summed E-state index contributed by atoms with van der Waals surface area (Å²) in [5.41, 5.74) is 1.40. The molecule has 1 saturated carbocycles. The number of nitrogens with one attached hydrogen (secondary N) is 1. The van der Waals surface area contributed by atoms with Crippen LogP contribution in [0.5, 0.6) is 0 Å². The lowest BCUT2D eigenvalue weighted by atomic mass is 9.81. The van der Waals surface area contributed by atoms with E-state index in [0.29, 0.717) is 12.1 Å². The molecule has 1 heterocycles. The number of hydrogen-bond acceptors (Lipinski definition) is 3. The smallest absolute Gasteiger partial charge is 0.0797 e. The maximum atomic E-state index is 6.16. The van der Waals surface area contributed by atoms with Crippen molar-refractivity contribution in [2.24, 2.45) is 5.92 Å². The first-order valence-corrected chi connectivity index (χ1v) is 8.68. The first-order valence-electron chi connectivity index (χ1n) is 7.73. The number of thiophene rings is 1. The highest BCUT2D eigenvalue weighted by Crippen LogP contribution is 2.35. The standard InChI is InChI=1S/C16H27NOS/c1-3-17-15(14-10-11-19-12-14)16(18-4-2)13-8-6-5-7-9-13/h10-13,15-17H,3-9H2,1-2H3. The predicted molar refractivity (Wildman–Crippen MR) is 82.7 cm³/mol. The van der Waals surface area contributed by atoms with E-state index in [1.807, 2.05) is 0 Å². The molecule has 1 fully saturated rings. The SMILES string of the molecule is CCNC(c1ccsc1)C(OCC)C1CCCCC1. The zero-order valence-corrected chi connectivity index (χ0v) is 13.0. The van der Waals surface area contributed by atoms with Crippen molar-refractivity contribution in [3.8, 4) is 0 Å². The molecule has 0 amide bonds. The molecule has 0 spiro atoms. The molecule has 19 heavy (non-hydrogen) atoms. The number of rotatable bonds is 7. The highest BCUT2D eigenvalue weighted by Gasteiger charge is 2.31. The van der Waals surface area contributed by atoms with E-state index in [1.54, 1.807) is 11.3 Å². The van der Waals surface area contributed by atoms with Crippen LogP contribution in [0.1, 0.15) is 57.6 Å². The zero-order valence-electron chi connectivity index (χ0n) is 12.2. The topological polar surface area (TPSA) is 21.3 Å². The molecule has 0 radical (unpaired) electrons. The number of ether oxygens (including phenoxy) is 1. The van der Waals surface area contributed by atoms with E-state index in [9.17, 15) is 0 Å². The van der Waals surface area contributed by atoms with E-state index in [4.69, 9.17) is 4.74 Å². The van der Waals surface area contributed by atoms with Gasteiger partial charge in [-0.3, -0.25) is 0 Å². The van der Waals surface area contributed by atoms with Gasteiger partial charge in [-0.15, -0.1) is 0 Å². The molecule has 108 valence electrons. The summed E-state index contributed by atoms with van der Waals surface area (Å²) in [4.78, 5) is 0. The normalized spacial score (nSPS) is 20.3. The first kappa shape index (κ1) is 15.0. The highest BCUT2D eigenvalue weighted by atomic mass is 32.1. The van der Waals surface area contributed by atoms with Gasteiger partial charge in [-0.25, -0.2) is 0 Å². The van der Waals surface area contributed by atoms with Crippen LogP contribution in [0.4, 0.5) is 0 Å². The van der Waals surface area contributed by atoms with Crippen LogP contribution in [0.25, 0.3) is 0 Å². The van der Waals surface area contributed by atoms with Crippen LogP contribution < -0.4 is 5.32 Å². The average Bonchev–Trinajstić information content (AvgIpc) is 2.97. The van der Waals surface area contributed by atoms with E-state index in [2.05, 4.69) is 36.0 Å². The Balaban J connectivity index is 2.13. The van der Waals surface area contributed by atoms with E-state index in [1.165, 1.54) is 37.7 Å². The fraction of sp³-hybridized carbons (Fsp3) is 0.750. The molecule has 1 N–H and O–H groups in total. The van der Waals surface area contributed by atoms with E-state index in [-0.39, 0.29) is 0 Å². The van der Waals surface area contributed by atoms with Crippen molar-refractivity contribution in [3.05, 3.63) is 22.4 Å². The summed E-state index contributed by atoms with van der Waals surface area (Å²) in [6.45, 7) is 6.11. The summed E-state index contributed by atoms with van der Waals surface area (Å²) in [6, 6.07) is 2.60. The Morgan fingerprint density at radius 2 is 2.11 bits per heavy atom. The van der Waals surface area contributed by atoms with Crippen molar-refractivity contribution >= 4 is 11.3 Å². The van der Waals surface area contributed by atoms with Gasteiger partial charge in [0.15, 0.2) is 0 Å². The first-order chi connectivity index (χ1) is 9.36. The molecule has 1 aliphatic carbocycles. The Morgan fingerprint density at radius 3 is 2.68 bits per heavy atom. The van der Waals surface area contributed by atoms with Gasteiger partial charge >= 0.3 is 0 Å². The van der Waals surface area contributed by atoms with Gasteiger partial charge in [0.2, 0.25) is 0 Å². The van der Waals surface area contributed by atoms with Crippen LogP contribution in [0.3, 0.4) is 0 Å². The van der Waals surface area contributed by atoms with Crippen LogP contribution in [0.15, 0.2) is 16.8 Å². The molecule has 2 atom stereocenters. The van der Waals surface area contributed by atoms with Crippen molar-refractivity contribution in [2.45, 2.75) is 58.1 Å². The molecular weight excluding hydrogens is 254 g/mol. The average molecular weight is 281 g/mol. The summed E-state index contributed by atoms with van der Waals surface area (Å²) in [6.07, 6.45) is 7.14. The molecule has 3 heteroatoms. The maximum Gasteiger partial charge on any atom is 0.0797 e. The quantitative estimate of drug-likeness (QED) is 0.800. The molecule has 1 aliphatic rings. The summed E-state index contributed by atoms with van der Waals surface area (Å²) in [5.74, 6) is 0.720. The molecular formula is C16H27NOS. The maximum absolute atomic E-state index is 6.16. The lowest BCUT2D eigenvalue weighted by Gasteiger charge is -2.36. The molecule has 0 saturated heterocycles. The second-order valence-corrected chi connectivity index (χ2v) is 6.19. The van der Waals surface area contributed by atoms with Crippen LogP contribution in [0, 0.1) is 5.92 Å². The fourth-order valence-electron chi connectivity index (χ4n) is 3.26. The molecule has 1 aromatic rings. The van der Waals surface area contributed by atoms with Gasteiger partial charge in [0.1, 0.15) is 0 Å². The summed E-state index contributed by atoms with van der Waals surface area (Å²) in [7, 11) is 0. The number of hydrogen-bond donors (Lipinski definition) is 1. The van der Waals surface area contributed by atoms with Crippen LogP contribution in [-0.4, -0.2) is 19.3 Å². The summed E-state index contributed by atoms with van der Waals surface area (Å²) < 4.78 is 6.16. The fourth-order valence-corrected chi connectivity index (χ4v) is 3.95. The Kier molecular flexibility index (Phi) is 6.35. The minimum Gasteiger partial charge on any atom is -0.376 e. The summed E-state index contributed by atoms with van der Waals surface area (Å²) >= 11 is 1.78. The third-order valence-electron chi connectivity index (χ3n) is 4.13. The van der Waals surface area contributed by atoms with Gasteiger partial charge in [0, 0.05) is 6.61 Å². The van der Waals surface area contributed by atoms with Gasteiger partial charge in [0.05, 0.1) is 12.1 Å². The Morgan fingerprint density at radius 1 is 1.32 bits per heavy atom. The molecule has 2 rings (SSSR count). The van der Waals surface area contributed by atoms with Crippen LogP contribution >= 0.6 is 11.3 Å². The molecule has 2 nitrogen and oxygen atoms in total. The Labute approximate surface area is 121 Å². The van der Waals surface area contributed by atoms with Gasteiger partial charge in [-0.1, -0.05) is 26.2 Å². The predicted octanol–water partition coefficient (Wildman–Crippen LogP) is 4.38. The Bertz CT molecular complexity index is 333. The van der Waals surface area contributed by atoms with Gasteiger partial charge in [-0.05, 0) is 54.6 Å². The largest absolute Gasteiger partial charge is 0.376 e. The van der Waals surface area contributed by atoms with Crippen molar-refractivity contribution in [1.82, 2.24) is 5.32 Å². The van der Waals surface area contributed by atoms with Gasteiger partial charge in [0.25, 0.3) is 0 Å². The van der Waals surface area contributed by atoms with Gasteiger partial charge < -0.3 is 10.1 Å². The lowest BCUT2D eigenvalue weighted by molar-refractivity contribution is -0.0179. The molecule has 0 aromatic carbocycles. The van der Waals surface area contributed by atoms with Crippen molar-refractivity contribution in [1.29, 1.82) is 0 Å². The number of likely N-dealkylation sites (N-methyl/N-ethyl adjacent to an activating group) is 1. The van der Waals surface area contributed by atoms with Crippen molar-refractivity contribution in [3.63, 3.8) is 0 Å². The zero-order chi connectivity index (χ0) is 13.5. The van der Waals surface area contributed by atoms with E-state index >= 15 is 0 Å². The Hall–Kier alpha value is -0.380. The minimum absolute atomic E-state index is 0.333. The van der Waals surface area contributed by atoms with Crippen LogP contribution in [-0.2, 0) is 4.74 Å². The molecule has 0 aliphatic heterocycles. The van der Waals surface area contributed by atoms with Crippen LogP contribution in [0.2, 0.25) is 0 Å². The van der Waals surface area contributed by atoms with Crippen molar-refractivity contribution in [2.75, 3.05) is 13.2 Å². The monoisotopic (exact) mass is 281 g/mol. The molecule has 0 bridgehead atoms. The molecule has 1 aromatic heterocycles. The molecule has 2 unspecified atom stereocenters. The van der Waals surface area contributed by atoms with E-state index in [0.717, 1.165) is 19.1 Å². The van der Waals surface area contributed by atoms with Crippen molar-refractivity contribution < 1.29 is 4.74 Å². The van der Waals surface area contributed by atoms with Gasteiger partial charge in [-0.2, -0.15) is 11.3 Å². The second-order valence-electron chi connectivity index (χ2n) is 5.41. The van der Waals surface area contributed by atoms with E-state index < -0.39 is 0 Å². The third-order valence-corrected chi connectivity index (χ3v) is 4.83. The minimum atomic E-state index is 0.333. The second kappa shape index (κ2) is 8.03. The summed E-state index contributed by atoms with van der Waals surface area (Å²) in [5, 5.41) is 8.09. The third kappa shape index (κ3) is 4.04.